The molecule has 0 spiro atoms. The molecule has 0 aliphatic heterocycles. The minimum Gasteiger partial charge on any atom is -0.396 e. The van der Waals surface area contributed by atoms with Gasteiger partial charge in [-0.3, -0.25) is 0 Å². The standard InChI is InChI=1S/C13H17N3/c1-4-13-12(14)8-15-16(13)11-6-9(2)5-10(3)7-11/h5-8H,4,14H2,1-3H3. The summed E-state index contributed by atoms with van der Waals surface area (Å²) in [6.45, 7) is 6.27. The van der Waals surface area contributed by atoms with Crippen molar-refractivity contribution in [3.8, 4) is 5.69 Å². The first kappa shape index (κ1) is 10.7. The van der Waals surface area contributed by atoms with Crippen molar-refractivity contribution in [1.82, 2.24) is 9.78 Å². The Balaban J connectivity index is 2.58. The number of nitrogens with zero attached hydrogens (tertiary/aromatic N) is 2. The van der Waals surface area contributed by atoms with E-state index in [2.05, 4.69) is 44.1 Å². The molecule has 0 saturated heterocycles. The quantitative estimate of drug-likeness (QED) is 0.837. The van der Waals surface area contributed by atoms with E-state index in [4.69, 9.17) is 5.73 Å². The predicted octanol–water partition coefficient (Wildman–Crippen LogP) is 2.63. The lowest BCUT2D eigenvalue weighted by molar-refractivity contribution is 0.813. The highest BCUT2D eigenvalue weighted by atomic mass is 15.3. The van der Waals surface area contributed by atoms with Crippen LogP contribution in [-0.2, 0) is 6.42 Å². The molecule has 0 fully saturated rings. The molecule has 2 N–H and O–H groups in total. The van der Waals surface area contributed by atoms with Crippen molar-refractivity contribution < 1.29 is 0 Å². The van der Waals surface area contributed by atoms with E-state index in [-0.39, 0.29) is 0 Å². The third kappa shape index (κ3) is 1.81. The molecule has 84 valence electrons. The van der Waals surface area contributed by atoms with Gasteiger partial charge in [-0.25, -0.2) is 4.68 Å². The van der Waals surface area contributed by atoms with Crippen molar-refractivity contribution in [1.29, 1.82) is 0 Å². The van der Waals surface area contributed by atoms with Crippen molar-refractivity contribution in [2.24, 2.45) is 0 Å². The number of nitrogens with two attached hydrogens (primary N) is 1. The summed E-state index contributed by atoms with van der Waals surface area (Å²) in [4.78, 5) is 0. The second-order valence-electron chi connectivity index (χ2n) is 4.16. The van der Waals surface area contributed by atoms with Crippen molar-refractivity contribution in [2.75, 3.05) is 5.73 Å². The van der Waals surface area contributed by atoms with E-state index in [0.717, 1.165) is 23.5 Å². The van der Waals surface area contributed by atoms with Gasteiger partial charge < -0.3 is 5.73 Å². The fourth-order valence-corrected chi connectivity index (χ4v) is 2.04. The lowest BCUT2D eigenvalue weighted by atomic mass is 10.1. The Kier molecular flexibility index (Phi) is 2.69. The first-order chi connectivity index (χ1) is 7.61. The van der Waals surface area contributed by atoms with E-state index < -0.39 is 0 Å². The van der Waals surface area contributed by atoms with Crippen LogP contribution < -0.4 is 5.73 Å². The van der Waals surface area contributed by atoms with Crippen LogP contribution in [0.25, 0.3) is 5.69 Å². The molecular formula is C13H17N3. The highest BCUT2D eigenvalue weighted by Gasteiger charge is 2.08. The van der Waals surface area contributed by atoms with E-state index in [9.17, 15) is 0 Å². The van der Waals surface area contributed by atoms with Gasteiger partial charge in [-0.15, -0.1) is 0 Å². The Morgan fingerprint density at radius 1 is 1.19 bits per heavy atom. The van der Waals surface area contributed by atoms with Crippen molar-refractivity contribution >= 4 is 5.69 Å². The van der Waals surface area contributed by atoms with Crippen LogP contribution in [0.15, 0.2) is 24.4 Å². The van der Waals surface area contributed by atoms with Crippen LogP contribution >= 0.6 is 0 Å². The molecule has 0 atom stereocenters. The third-order valence-corrected chi connectivity index (χ3v) is 2.69. The number of anilines is 1. The highest BCUT2D eigenvalue weighted by molar-refractivity contribution is 5.47. The van der Waals surface area contributed by atoms with E-state index in [1.165, 1.54) is 11.1 Å². The molecule has 2 aromatic rings. The number of rotatable bonds is 2. The molecule has 0 bridgehead atoms. The van der Waals surface area contributed by atoms with Crippen LogP contribution in [0.5, 0.6) is 0 Å². The maximum absolute atomic E-state index is 5.88. The molecule has 0 radical (unpaired) electrons. The summed E-state index contributed by atoms with van der Waals surface area (Å²) in [6.07, 6.45) is 2.61. The van der Waals surface area contributed by atoms with Gasteiger partial charge in [0.1, 0.15) is 0 Å². The number of nitrogen functional groups attached to an aromatic ring is 1. The summed E-state index contributed by atoms with van der Waals surface area (Å²) in [5.74, 6) is 0. The fraction of sp³-hybridized carbons (Fsp3) is 0.308. The topological polar surface area (TPSA) is 43.8 Å². The average Bonchev–Trinajstić information content (AvgIpc) is 2.58. The van der Waals surface area contributed by atoms with Gasteiger partial charge in [-0.2, -0.15) is 5.10 Å². The molecule has 0 amide bonds. The molecule has 1 heterocycles. The maximum atomic E-state index is 5.88. The number of aromatic nitrogens is 2. The molecule has 0 saturated carbocycles. The van der Waals surface area contributed by atoms with Gasteiger partial charge in [0.05, 0.1) is 23.3 Å². The number of hydrogen-bond acceptors (Lipinski definition) is 2. The second kappa shape index (κ2) is 4.00. The van der Waals surface area contributed by atoms with Crippen molar-refractivity contribution in [3.05, 3.63) is 41.2 Å². The van der Waals surface area contributed by atoms with Crippen LogP contribution in [0.2, 0.25) is 0 Å². The van der Waals surface area contributed by atoms with Crippen LogP contribution in [-0.4, -0.2) is 9.78 Å². The zero-order valence-electron chi connectivity index (χ0n) is 9.99. The smallest absolute Gasteiger partial charge is 0.0737 e. The molecule has 1 aromatic carbocycles. The normalized spacial score (nSPS) is 10.7. The molecule has 2 rings (SSSR count). The van der Waals surface area contributed by atoms with Gasteiger partial charge in [-0.05, 0) is 43.5 Å². The van der Waals surface area contributed by atoms with Crippen LogP contribution in [0.1, 0.15) is 23.7 Å². The van der Waals surface area contributed by atoms with Gasteiger partial charge in [-0.1, -0.05) is 13.0 Å². The Morgan fingerprint density at radius 2 is 1.81 bits per heavy atom. The van der Waals surface area contributed by atoms with Gasteiger partial charge in [0, 0.05) is 0 Å². The van der Waals surface area contributed by atoms with Crippen molar-refractivity contribution in [2.45, 2.75) is 27.2 Å². The van der Waals surface area contributed by atoms with Gasteiger partial charge in [0.25, 0.3) is 0 Å². The minimum absolute atomic E-state index is 0.765. The summed E-state index contributed by atoms with van der Waals surface area (Å²) < 4.78 is 1.93. The third-order valence-electron chi connectivity index (χ3n) is 2.69. The Morgan fingerprint density at radius 3 is 2.38 bits per heavy atom. The lowest BCUT2D eigenvalue weighted by Crippen LogP contribution is -2.03. The molecule has 3 nitrogen and oxygen atoms in total. The lowest BCUT2D eigenvalue weighted by Gasteiger charge is -2.08. The molecule has 0 aliphatic carbocycles. The molecule has 0 aliphatic rings. The highest BCUT2D eigenvalue weighted by Crippen LogP contribution is 2.19. The number of hydrogen-bond donors (Lipinski definition) is 1. The van der Waals surface area contributed by atoms with E-state index in [1.807, 2.05) is 4.68 Å². The number of aryl methyl sites for hydroxylation is 2. The number of benzene rings is 1. The molecule has 1 aromatic heterocycles. The van der Waals surface area contributed by atoms with Gasteiger partial charge >= 0.3 is 0 Å². The predicted molar refractivity (Wildman–Crippen MR) is 66.8 cm³/mol. The minimum atomic E-state index is 0.765. The summed E-state index contributed by atoms with van der Waals surface area (Å²) in [6, 6.07) is 6.40. The van der Waals surface area contributed by atoms with Crippen molar-refractivity contribution in [3.63, 3.8) is 0 Å². The van der Waals surface area contributed by atoms with Gasteiger partial charge in [0.15, 0.2) is 0 Å². The first-order valence-electron chi connectivity index (χ1n) is 5.53. The van der Waals surface area contributed by atoms with E-state index in [1.54, 1.807) is 6.20 Å². The molecule has 16 heavy (non-hydrogen) atoms. The summed E-state index contributed by atoms with van der Waals surface area (Å²) in [7, 11) is 0. The maximum Gasteiger partial charge on any atom is 0.0737 e. The zero-order valence-corrected chi connectivity index (χ0v) is 9.99. The van der Waals surface area contributed by atoms with Crippen LogP contribution in [0.3, 0.4) is 0 Å². The monoisotopic (exact) mass is 215 g/mol. The zero-order chi connectivity index (χ0) is 11.7. The summed E-state index contributed by atoms with van der Waals surface area (Å²) >= 11 is 0. The van der Waals surface area contributed by atoms with Gasteiger partial charge in [0.2, 0.25) is 0 Å². The summed E-state index contributed by atoms with van der Waals surface area (Å²) in [5.41, 5.74) is 11.3. The Hall–Kier alpha value is -1.77. The Labute approximate surface area is 95.9 Å². The summed E-state index contributed by atoms with van der Waals surface area (Å²) in [5, 5.41) is 4.33. The Bertz CT molecular complexity index is 492. The molecule has 3 heteroatoms. The fourth-order valence-electron chi connectivity index (χ4n) is 2.04. The first-order valence-corrected chi connectivity index (χ1v) is 5.53. The average molecular weight is 215 g/mol. The largest absolute Gasteiger partial charge is 0.396 e. The van der Waals surface area contributed by atoms with E-state index >= 15 is 0 Å². The van der Waals surface area contributed by atoms with Crippen LogP contribution in [0.4, 0.5) is 5.69 Å². The van der Waals surface area contributed by atoms with Crippen LogP contribution in [0, 0.1) is 13.8 Å². The SMILES string of the molecule is CCc1c(N)cnn1-c1cc(C)cc(C)c1. The second-order valence-corrected chi connectivity index (χ2v) is 4.16. The molecule has 0 unspecified atom stereocenters. The van der Waals surface area contributed by atoms with E-state index in [0.29, 0.717) is 0 Å². The molecular weight excluding hydrogens is 198 g/mol.